The highest BCUT2D eigenvalue weighted by Crippen LogP contribution is 2.35. The minimum atomic E-state index is -1.13. The number of rotatable bonds is 3. The SMILES string of the molecule is C[C@H](NC(=O)O)c1c2c3c(ccc(C#Cc4cnn(C)c4)c3c(=O)n1-c1ccccc1)CCC2. The van der Waals surface area contributed by atoms with E-state index in [0.717, 1.165) is 41.3 Å². The molecule has 4 aromatic rings. The fourth-order valence-electron chi connectivity index (χ4n) is 4.89. The zero-order valence-corrected chi connectivity index (χ0v) is 19.0. The summed E-state index contributed by atoms with van der Waals surface area (Å²) in [4.78, 5) is 25.6. The lowest BCUT2D eigenvalue weighted by Crippen LogP contribution is -2.33. The summed E-state index contributed by atoms with van der Waals surface area (Å²) < 4.78 is 3.34. The third kappa shape index (κ3) is 3.73. The Bertz CT molecular complexity index is 1540. The summed E-state index contributed by atoms with van der Waals surface area (Å²) >= 11 is 0. The number of benzene rings is 2. The molecule has 7 nitrogen and oxygen atoms in total. The highest BCUT2D eigenvalue weighted by atomic mass is 16.4. The lowest BCUT2D eigenvalue weighted by molar-refractivity contribution is 0.190. The van der Waals surface area contributed by atoms with E-state index in [2.05, 4.69) is 22.3 Å². The summed E-state index contributed by atoms with van der Waals surface area (Å²) in [7, 11) is 1.83. The number of nitrogens with zero attached hydrogens (tertiary/aromatic N) is 3. The van der Waals surface area contributed by atoms with Crippen LogP contribution in [-0.2, 0) is 19.9 Å². The number of aryl methyl sites for hydroxylation is 3. The first-order valence-electron chi connectivity index (χ1n) is 11.2. The van der Waals surface area contributed by atoms with Crippen LogP contribution in [0.15, 0.2) is 59.7 Å². The Morgan fingerprint density at radius 3 is 2.62 bits per heavy atom. The number of pyridine rings is 1. The molecule has 34 heavy (non-hydrogen) atoms. The molecule has 0 bridgehead atoms. The monoisotopic (exact) mass is 452 g/mol. The molecule has 0 saturated carbocycles. The van der Waals surface area contributed by atoms with Crippen molar-refractivity contribution in [3.8, 4) is 17.5 Å². The number of amides is 1. The van der Waals surface area contributed by atoms with Crippen LogP contribution in [0.3, 0.4) is 0 Å². The van der Waals surface area contributed by atoms with Gasteiger partial charge in [0.2, 0.25) is 0 Å². The highest BCUT2D eigenvalue weighted by Gasteiger charge is 2.27. The van der Waals surface area contributed by atoms with Crippen LogP contribution >= 0.6 is 0 Å². The molecule has 2 aromatic heterocycles. The molecule has 1 amide bonds. The molecule has 170 valence electrons. The molecular weight excluding hydrogens is 428 g/mol. The predicted octanol–water partition coefficient (Wildman–Crippen LogP) is 3.94. The maximum Gasteiger partial charge on any atom is 0.405 e. The van der Waals surface area contributed by atoms with Crippen molar-refractivity contribution < 1.29 is 9.90 Å². The fourth-order valence-corrected chi connectivity index (χ4v) is 4.89. The van der Waals surface area contributed by atoms with Gasteiger partial charge >= 0.3 is 6.09 Å². The standard InChI is InChI=1S/C27H24N4O3/c1-17(29-27(33)34)25-22-10-6-7-19-13-14-20(12-11-18-15-28-30(2)16-18)24(23(19)22)26(32)31(25)21-8-4-3-5-9-21/h3-5,8-9,13-17,29H,6-7,10H2,1-2H3,(H,33,34)/t17-/m0/s1. The number of carboxylic acid groups (broad SMARTS) is 1. The second-order valence-corrected chi connectivity index (χ2v) is 8.54. The average Bonchev–Trinajstić information content (AvgIpc) is 3.25. The summed E-state index contributed by atoms with van der Waals surface area (Å²) in [5, 5.41) is 17.6. The number of hydrogen-bond donors (Lipinski definition) is 2. The highest BCUT2D eigenvalue weighted by molar-refractivity contribution is 5.94. The molecule has 0 saturated heterocycles. The normalized spacial score (nSPS) is 13.2. The van der Waals surface area contributed by atoms with E-state index in [1.807, 2.05) is 55.7 Å². The van der Waals surface area contributed by atoms with Crippen molar-refractivity contribution in [1.82, 2.24) is 19.7 Å². The second-order valence-electron chi connectivity index (χ2n) is 8.54. The van der Waals surface area contributed by atoms with Crippen molar-refractivity contribution in [3.05, 3.63) is 93.2 Å². The van der Waals surface area contributed by atoms with Gasteiger partial charge in [0.05, 0.1) is 28.9 Å². The van der Waals surface area contributed by atoms with Crippen LogP contribution in [0.5, 0.6) is 0 Å². The van der Waals surface area contributed by atoms with Gasteiger partial charge in [-0.2, -0.15) is 5.10 Å². The Morgan fingerprint density at radius 2 is 1.91 bits per heavy atom. The third-order valence-electron chi connectivity index (χ3n) is 6.24. The summed E-state index contributed by atoms with van der Waals surface area (Å²) in [6.07, 6.45) is 4.96. The molecule has 0 fully saturated rings. The molecule has 1 atom stereocenters. The molecule has 0 spiro atoms. The first kappa shape index (κ1) is 21.5. The van der Waals surface area contributed by atoms with Gasteiger partial charge in [-0.05, 0) is 60.9 Å². The van der Waals surface area contributed by atoms with Gasteiger partial charge in [-0.25, -0.2) is 4.79 Å². The average molecular weight is 453 g/mol. The van der Waals surface area contributed by atoms with Gasteiger partial charge in [-0.1, -0.05) is 36.1 Å². The van der Waals surface area contributed by atoms with Crippen LogP contribution in [0.1, 0.15) is 47.3 Å². The van der Waals surface area contributed by atoms with E-state index in [4.69, 9.17) is 0 Å². The van der Waals surface area contributed by atoms with Gasteiger partial charge < -0.3 is 10.4 Å². The molecule has 0 unspecified atom stereocenters. The van der Waals surface area contributed by atoms with Gasteiger partial charge in [-0.3, -0.25) is 14.0 Å². The number of aromatic nitrogens is 3. The van der Waals surface area contributed by atoms with E-state index in [-0.39, 0.29) is 5.56 Å². The second kappa shape index (κ2) is 8.56. The molecule has 2 heterocycles. The molecule has 2 aromatic carbocycles. The quantitative estimate of drug-likeness (QED) is 0.461. The van der Waals surface area contributed by atoms with Crippen LogP contribution in [0.2, 0.25) is 0 Å². The summed E-state index contributed by atoms with van der Waals surface area (Å²) in [5.41, 5.74) is 4.72. The molecule has 5 rings (SSSR count). The zero-order valence-electron chi connectivity index (χ0n) is 19.0. The first-order valence-corrected chi connectivity index (χ1v) is 11.2. The van der Waals surface area contributed by atoms with Gasteiger partial charge in [0, 0.05) is 24.5 Å². The van der Waals surface area contributed by atoms with E-state index in [0.29, 0.717) is 22.3 Å². The summed E-state index contributed by atoms with van der Waals surface area (Å²) in [6, 6.07) is 12.8. The summed E-state index contributed by atoms with van der Waals surface area (Å²) in [5.74, 6) is 6.32. The number of para-hydroxylation sites is 1. The van der Waals surface area contributed by atoms with Gasteiger partial charge in [-0.15, -0.1) is 0 Å². The lowest BCUT2D eigenvalue weighted by atomic mass is 9.85. The molecule has 2 N–H and O–H groups in total. The largest absolute Gasteiger partial charge is 0.465 e. The van der Waals surface area contributed by atoms with Crippen molar-refractivity contribution in [2.45, 2.75) is 32.2 Å². The van der Waals surface area contributed by atoms with Crippen LogP contribution in [-0.4, -0.2) is 25.5 Å². The van der Waals surface area contributed by atoms with Crippen LogP contribution in [0.4, 0.5) is 4.79 Å². The number of carbonyl (C=O) groups is 1. The van der Waals surface area contributed by atoms with Crippen LogP contribution < -0.4 is 10.9 Å². The van der Waals surface area contributed by atoms with Gasteiger partial charge in [0.25, 0.3) is 5.56 Å². The van der Waals surface area contributed by atoms with E-state index in [1.165, 1.54) is 0 Å². The molecule has 0 radical (unpaired) electrons. The predicted molar refractivity (Wildman–Crippen MR) is 130 cm³/mol. The Kier molecular flexibility index (Phi) is 5.42. The van der Waals surface area contributed by atoms with Gasteiger partial charge in [0.1, 0.15) is 0 Å². The fraction of sp³-hybridized carbons (Fsp3) is 0.222. The van der Waals surface area contributed by atoms with Crippen LogP contribution in [0.25, 0.3) is 16.5 Å². The Morgan fingerprint density at radius 1 is 1.12 bits per heavy atom. The van der Waals surface area contributed by atoms with E-state index >= 15 is 0 Å². The Balaban J connectivity index is 1.86. The number of nitrogens with one attached hydrogen (secondary N) is 1. The minimum absolute atomic E-state index is 0.196. The third-order valence-corrected chi connectivity index (χ3v) is 6.24. The molecule has 1 aliphatic rings. The zero-order chi connectivity index (χ0) is 23.8. The smallest absolute Gasteiger partial charge is 0.405 e. The van der Waals surface area contributed by atoms with Crippen molar-refractivity contribution in [2.75, 3.05) is 0 Å². The van der Waals surface area contributed by atoms with E-state index < -0.39 is 12.1 Å². The van der Waals surface area contributed by atoms with Crippen molar-refractivity contribution in [2.24, 2.45) is 7.05 Å². The van der Waals surface area contributed by atoms with Crippen molar-refractivity contribution in [1.29, 1.82) is 0 Å². The van der Waals surface area contributed by atoms with Crippen molar-refractivity contribution in [3.63, 3.8) is 0 Å². The molecule has 1 aliphatic carbocycles. The van der Waals surface area contributed by atoms with Crippen LogP contribution in [0, 0.1) is 11.8 Å². The Hall–Kier alpha value is -4.31. The molecule has 0 aliphatic heterocycles. The van der Waals surface area contributed by atoms with Gasteiger partial charge in [0.15, 0.2) is 0 Å². The maximum absolute atomic E-state index is 14.1. The minimum Gasteiger partial charge on any atom is -0.465 e. The number of hydrogen-bond acceptors (Lipinski definition) is 3. The molecule has 7 heteroatoms. The Labute approximate surface area is 196 Å². The molecular formula is C27H24N4O3. The van der Waals surface area contributed by atoms with Crippen molar-refractivity contribution >= 4 is 16.9 Å². The first-order chi connectivity index (χ1) is 16.4. The maximum atomic E-state index is 14.1. The summed E-state index contributed by atoms with van der Waals surface area (Å²) in [6.45, 7) is 1.78. The topological polar surface area (TPSA) is 89.2 Å². The lowest BCUT2D eigenvalue weighted by Gasteiger charge is -2.27. The van der Waals surface area contributed by atoms with E-state index in [9.17, 15) is 14.7 Å². The van der Waals surface area contributed by atoms with E-state index in [1.54, 1.807) is 22.4 Å².